The molecule has 134 valence electrons. The van der Waals surface area contributed by atoms with Crippen molar-refractivity contribution in [3.8, 4) is 11.3 Å². The van der Waals surface area contributed by atoms with Gasteiger partial charge in [-0.25, -0.2) is 9.37 Å². The van der Waals surface area contributed by atoms with E-state index in [0.717, 1.165) is 0 Å². The van der Waals surface area contributed by atoms with Gasteiger partial charge in [0.2, 0.25) is 5.91 Å². The molecule has 0 spiro atoms. The second-order valence-electron chi connectivity index (χ2n) is 5.82. The van der Waals surface area contributed by atoms with Crippen LogP contribution in [0.4, 0.5) is 4.39 Å². The molecule has 25 heavy (non-hydrogen) atoms. The second-order valence-corrected chi connectivity index (χ2v) is 5.82. The maximum Gasteiger partial charge on any atom is 0.325 e. The molecule has 0 unspecified atom stereocenters. The average molecular weight is 348 g/mol. The number of carbonyl (C=O) groups excluding carboxylic acids is 2. The van der Waals surface area contributed by atoms with Crippen molar-refractivity contribution in [2.45, 2.75) is 32.7 Å². The molecule has 0 N–H and O–H groups in total. The number of hydrogen-bond donors (Lipinski definition) is 0. The van der Waals surface area contributed by atoms with Crippen molar-refractivity contribution in [1.82, 2.24) is 9.88 Å². The Morgan fingerprint density at radius 2 is 1.96 bits per heavy atom. The summed E-state index contributed by atoms with van der Waals surface area (Å²) >= 11 is 0. The minimum absolute atomic E-state index is 0.0839. The monoisotopic (exact) mass is 348 g/mol. The molecule has 2 rings (SSSR count). The third kappa shape index (κ3) is 5.14. The number of rotatable bonds is 7. The fourth-order valence-corrected chi connectivity index (χ4v) is 2.29. The van der Waals surface area contributed by atoms with Crippen molar-refractivity contribution in [1.29, 1.82) is 0 Å². The first-order chi connectivity index (χ1) is 11.9. The van der Waals surface area contributed by atoms with E-state index in [1.54, 1.807) is 18.3 Å². The van der Waals surface area contributed by atoms with Gasteiger partial charge in [0.25, 0.3) is 0 Å². The Morgan fingerprint density at radius 3 is 2.56 bits per heavy atom. The topological polar surface area (TPSA) is 72.6 Å². The van der Waals surface area contributed by atoms with Crippen molar-refractivity contribution >= 4 is 11.9 Å². The van der Waals surface area contributed by atoms with E-state index in [2.05, 4.69) is 9.72 Å². The first-order valence-electron chi connectivity index (χ1n) is 7.97. The van der Waals surface area contributed by atoms with Gasteiger partial charge in [0, 0.05) is 24.4 Å². The summed E-state index contributed by atoms with van der Waals surface area (Å²) in [7, 11) is 1.29. The first-order valence-corrected chi connectivity index (χ1v) is 7.97. The smallest absolute Gasteiger partial charge is 0.325 e. The minimum atomic E-state index is -0.461. The number of halogens is 1. The lowest BCUT2D eigenvalue weighted by molar-refractivity contribution is -0.148. The largest absolute Gasteiger partial charge is 0.468 e. The van der Waals surface area contributed by atoms with Crippen molar-refractivity contribution in [2.24, 2.45) is 0 Å². The van der Waals surface area contributed by atoms with Crippen LogP contribution >= 0.6 is 0 Å². The van der Waals surface area contributed by atoms with Gasteiger partial charge in [-0.1, -0.05) is 0 Å². The number of esters is 1. The van der Waals surface area contributed by atoms with E-state index in [-0.39, 0.29) is 30.7 Å². The summed E-state index contributed by atoms with van der Waals surface area (Å²) < 4.78 is 23.2. The van der Waals surface area contributed by atoms with Crippen LogP contribution in [0.15, 0.2) is 34.9 Å². The number of ether oxygens (including phenoxy) is 1. The van der Waals surface area contributed by atoms with Gasteiger partial charge in [-0.3, -0.25) is 9.59 Å². The molecular weight excluding hydrogens is 327 g/mol. The van der Waals surface area contributed by atoms with Gasteiger partial charge >= 0.3 is 5.97 Å². The molecule has 0 aliphatic carbocycles. The molecule has 1 aromatic heterocycles. The Morgan fingerprint density at radius 1 is 1.28 bits per heavy atom. The fourth-order valence-electron chi connectivity index (χ4n) is 2.29. The van der Waals surface area contributed by atoms with E-state index in [1.807, 2.05) is 13.8 Å². The van der Waals surface area contributed by atoms with Gasteiger partial charge in [-0.05, 0) is 38.1 Å². The molecule has 1 aromatic carbocycles. The van der Waals surface area contributed by atoms with Crippen molar-refractivity contribution in [3.05, 3.63) is 42.2 Å². The molecule has 7 heteroatoms. The van der Waals surface area contributed by atoms with E-state index >= 15 is 0 Å². The molecule has 0 fully saturated rings. The molecule has 2 aromatic rings. The Bertz CT molecular complexity index is 725. The van der Waals surface area contributed by atoms with E-state index in [9.17, 15) is 14.0 Å². The Labute approximate surface area is 145 Å². The summed E-state index contributed by atoms with van der Waals surface area (Å²) in [6.07, 6.45) is 2.02. The number of benzene rings is 1. The number of aromatic nitrogens is 1. The predicted octanol–water partition coefficient (Wildman–Crippen LogP) is 2.82. The fraction of sp³-hybridized carbons (Fsp3) is 0.389. The van der Waals surface area contributed by atoms with Gasteiger partial charge in [-0.2, -0.15) is 0 Å². The van der Waals surface area contributed by atoms with Crippen LogP contribution in [0.3, 0.4) is 0 Å². The number of nitrogens with zero attached hydrogens (tertiary/aromatic N) is 2. The SMILES string of the molecule is COC(=O)CN(C(=O)CCc1ncc(-c2ccc(F)cc2)o1)C(C)C. The quantitative estimate of drug-likeness (QED) is 0.720. The van der Waals surface area contributed by atoms with Crippen LogP contribution in [-0.4, -0.2) is 41.5 Å². The second kappa shape index (κ2) is 8.41. The molecule has 0 saturated heterocycles. The van der Waals surface area contributed by atoms with Gasteiger partial charge < -0.3 is 14.1 Å². The summed E-state index contributed by atoms with van der Waals surface area (Å²) in [5, 5.41) is 0. The zero-order valence-corrected chi connectivity index (χ0v) is 14.5. The lowest BCUT2D eigenvalue weighted by Crippen LogP contribution is -2.41. The van der Waals surface area contributed by atoms with Gasteiger partial charge in [-0.15, -0.1) is 0 Å². The Balaban J connectivity index is 1.97. The van der Waals surface area contributed by atoms with Crippen molar-refractivity contribution in [2.75, 3.05) is 13.7 Å². The predicted molar refractivity (Wildman–Crippen MR) is 89.1 cm³/mol. The number of carbonyl (C=O) groups is 2. The zero-order chi connectivity index (χ0) is 18.4. The summed E-state index contributed by atoms with van der Waals surface area (Å²) in [4.78, 5) is 29.3. The minimum Gasteiger partial charge on any atom is -0.468 e. The third-order valence-corrected chi connectivity index (χ3v) is 3.71. The van der Waals surface area contributed by atoms with Crippen LogP contribution in [0.2, 0.25) is 0 Å². The van der Waals surface area contributed by atoms with E-state index in [0.29, 0.717) is 23.6 Å². The number of amides is 1. The van der Waals surface area contributed by atoms with Crippen LogP contribution < -0.4 is 0 Å². The average Bonchev–Trinajstić information content (AvgIpc) is 3.06. The molecule has 0 aliphatic heterocycles. The third-order valence-electron chi connectivity index (χ3n) is 3.71. The molecule has 0 bridgehead atoms. The Kier molecular flexibility index (Phi) is 6.27. The number of oxazole rings is 1. The maximum absolute atomic E-state index is 13.0. The number of hydrogen-bond acceptors (Lipinski definition) is 5. The molecule has 0 radical (unpaired) electrons. The summed E-state index contributed by atoms with van der Waals surface area (Å²) in [5.41, 5.74) is 0.709. The summed E-state index contributed by atoms with van der Waals surface area (Å²) in [6.45, 7) is 3.58. The molecule has 0 atom stereocenters. The van der Waals surface area contributed by atoms with Gasteiger partial charge in [0.05, 0.1) is 13.3 Å². The highest BCUT2D eigenvalue weighted by molar-refractivity contribution is 5.82. The lowest BCUT2D eigenvalue weighted by atomic mass is 10.2. The highest BCUT2D eigenvalue weighted by atomic mass is 19.1. The number of aryl methyl sites for hydroxylation is 1. The molecule has 0 saturated carbocycles. The van der Waals surface area contributed by atoms with E-state index < -0.39 is 5.97 Å². The van der Waals surface area contributed by atoms with Gasteiger partial charge in [0.15, 0.2) is 11.7 Å². The molecule has 0 aliphatic rings. The van der Waals surface area contributed by atoms with Gasteiger partial charge in [0.1, 0.15) is 12.4 Å². The summed E-state index contributed by atoms with van der Waals surface area (Å²) in [6, 6.07) is 5.76. The highest BCUT2D eigenvalue weighted by Gasteiger charge is 2.21. The maximum atomic E-state index is 13.0. The van der Waals surface area contributed by atoms with Crippen LogP contribution in [0.25, 0.3) is 11.3 Å². The molecular formula is C18H21FN2O4. The molecule has 6 nitrogen and oxygen atoms in total. The summed E-state index contributed by atoms with van der Waals surface area (Å²) in [5.74, 6) is -0.0423. The van der Waals surface area contributed by atoms with Crippen molar-refractivity contribution < 1.29 is 23.1 Å². The lowest BCUT2D eigenvalue weighted by Gasteiger charge is -2.25. The Hall–Kier alpha value is -2.70. The highest BCUT2D eigenvalue weighted by Crippen LogP contribution is 2.21. The van der Waals surface area contributed by atoms with Crippen LogP contribution in [0.5, 0.6) is 0 Å². The molecule has 1 amide bonds. The van der Waals surface area contributed by atoms with Crippen LogP contribution in [-0.2, 0) is 20.7 Å². The molecule has 1 heterocycles. The van der Waals surface area contributed by atoms with E-state index in [1.165, 1.54) is 24.1 Å². The van der Waals surface area contributed by atoms with Crippen LogP contribution in [0, 0.1) is 5.82 Å². The normalized spacial score (nSPS) is 10.8. The van der Waals surface area contributed by atoms with E-state index in [4.69, 9.17) is 4.42 Å². The van der Waals surface area contributed by atoms with Crippen molar-refractivity contribution in [3.63, 3.8) is 0 Å². The first kappa shape index (κ1) is 18.6. The standard InChI is InChI=1S/C18H21FN2O4/c1-12(2)21(11-18(23)24-3)17(22)9-8-16-20-10-15(25-16)13-4-6-14(19)7-5-13/h4-7,10,12H,8-9,11H2,1-3H3. The van der Waals surface area contributed by atoms with Crippen LogP contribution in [0.1, 0.15) is 26.2 Å². The number of methoxy groups -OCH3 is 1. The zero-order valence-electron chi connectivity index (χ0n) is 14.5.